The van der Waals surface area contributed by atoms with E-state index in [1.165, 1.54) is 26.6 Å². The summed E-state index contributed by atoms with van der Waals surface area (Å²) in [6.07, 6.45) is 0.274. The van der Waals surface area contributed by atoms with Crippen LogP contribution in [0.2, 0.25) is 0 Å². The van der Waals surface area contributed by atoms with Crippen LogP contribution in [0.15, 0.2) is 35.1 Å². The molecule has 374 valence electrons. The summed E-state index contributed by atoms with van der Waals surface area (Å²) in [6.45, 7) is -1.91. The van der Waals surface area contributed by atoms with Crippen LogP contribution in [0, 0.1) is 10.1 Å². The van der Waals surface area contributed by atoms with Crippen LogP contribution in [0.3, 0.4) is 0 Å². The summed E-state index contributed by atoms with van der Waals surface area (Å²) in [5.41, 5.74) is 4.45. The number of carbonyl (C=O) groups excluding carboxylic acids is 4. The molecule has 1 aliphatic heterocycles. The van der Waals surface area contributed by atoms with Gasteiger partial charge in [0.1, 0.15) is 11.6 Å². The second kappa shape index (κ2) is 25.8. The number of benzene rings is 2. The fourth-order valence-corrected chi connectivity index (χ4v) is 6.99. The molecule has 2 aromatic carbocycles. The van der Waals surface area contributed by atoms with Crippen molar-refractivity contribution in [3.05, 3.63) is 61.9 Å². The smallest absolute Gasteiger partial charge is 0.326 e. The molecular formula is C41H53N11O17. The van der Waals surface area contributed by atoms with Crippen molar-refractivity contribution >= 4 is 69.8 Å². The van der Waals surface area contributed by atoms with Gasteiger partial charge in [-0.25, -0.2) is 4.79 Å². The highest BCUT2D eigenvalue weighted by atomic mass is 16.7. The van der Waals surface area contributed by atoms with E-state index in [9.17, 15) is 73.7 Å². The van der Waals surface area contributed by atoms with E-state index in [1.54, 1.807) is 13.0 Å². The standard InChI is InChI=1S/C41H53N11O17/c1-2-51-29-17-31-30(68-23-69-31)16-25(29)38(61)37(47-51)40(63)45-10-9-43-32(53)18-49(21-35(57)58)13-11-48(20-34(55)56)12-14-50(22-36(59)60)19-33(54)46-27(41(64)65)5-3-4-8-44-39(62)26-15-24(42)6-7-28(26)52(66)67/h6-7,15-17,27H,2-5,8-14,18-23,42H2,1H3,(H,43,53)(H,44,62)(H,45,63)(H,46,54)(H,55,56)(H,57,58)(H,59,60)(H,64,65). The number of carboxylic acids is 4. The summed E-state index contributed by atoms with van der Waals surface area (Å²) >= 11 is 0. The minimum atomic E-state index is -1.42. The number of nitrogens with two attached hydrogens (primary N) is 1. The van der Waals surface area contributed by atoms with Crippen LogP contribution in [0.5, 0.6) is 11.5 Å². The maximum absolute atomic E-state index is 13.2. The Balaban J connectivity index is 1.25. The molecule has 0 saturated heterocycles. The first-order valence-corrected chi connectivity index (χ1v) is 21.3. The number of nitrogens with zero attached hydrogens (tertiary/aromatic N) is 6. The molecule has 1 aromatic heterocycles. The number of nitro benzene ring substituents is 1. The van der Waals surface area contributed by atoms with Gasteiger partial charge in [-0.15, -0.1) is 0 Å². The highest BCUT2D eigenvalue weighted by Crippen LogP contribution is 2.35. The molecule has 28 heteroatoms. The average molecular weight is 972 g/mol. The van der Waals surface area contributed by atoms with Gasteiger partial charge in [0.2, 0.25) is 24.0 Å². The molecule has 0 spiro atoms. The molecule has 1 aliphatic rings. The Labute approximate surface area is 391 Å². The van der Waals surface area contributed by atoms with Crippen LogP contribution in [0.25, 0.3) is 10.9 Å². The number of nitrogen functional groups attached to an aromatic ring is 1. The summed E-state index contributed by atoms with van der Waals surface area (Å²) in [7, 11) is 0. The van der Waals surface area contributed by atoms with Crippen molar-refractivity contribution in [2.45, 2.75) is 38.8 Å². The van der Waals surface area contributed by atoms with E-state index in [1.807, 2.05) is 0 Å². The fraction of sp³-hybridized carbons (Fsp3) is 0.463. The molecule has 1 unspecified atom stereocenters. The number of hydrogen-bond acceptors (Lipinski definition) is 18. The van der Waals surface area contributed by atoms with Crippen molar-refractivity contribution in [1.82, 2.24) is 45.7 Å². The zero-order chi connectivity index (χ0) is 50.8. The van der Waals surface area contributed by atoms with Crippen molar-refractivity contribution in [3.8, 4) is 11.5 Å². The predicted octanol–water partition coefficient (Wildman–Crippen LogP) is -2.19. The molecule has 10 N–H and O–H groups in total. The van der Waals surface area contributed by atoms with Gasteiger partial charge >= 0.3 is 23.9 Å². The van der Waals surface area contributed by atoms with Gasteiger partial charge in [0.05, 0.1) is 48.6 Å². The van der Waals surface area contributed by atoms with Crippen LogP contribution in [-0.4, -0.2) is 189 Å². The van der Waals surface area contributed by atoms with E-state index in [0.29, 0.717) is 23.6 Å². The van der Waals surface area contributed by atoms with E-state index in [4.69, 9.17) is 15.2 Å². The first kappa shape index (κ1) is 53.6. The molecule has 2 heterocycles. The first-order chi connectivity index (χ1) is 32.8. The molecule has 0 bridgehead atoms. The van der Waals surface area contributed by atoms with Crippen LogP contribution >= 0.6 is 0 Å². The molecule has 3 aromatic rings. The molecule has 0 saturated carbocycles. The third-order valence-corrected chi connectivity index (χ3v) is 10.3. The molecule has 4 rings (SSSR count). The number of carbonyl (C=O) groups is 8. The van der Waals surface area contributed by atoms with Gasteiger partial charge in [-0.1, -0.05) is 0 Å². The summed E-state index contributed by atoms with van der Waals surface area (Å²) in [6, 6.07) is 5.15. The van der Waals surface area contributed by atoms with Crippen LogP contribution < -0.4 is 41.9 Å². The molecule has 0 radical (unpaired) electrons. The van der Waals surface area contributed by atoms with Crippen molar-refractivity contribution in [2.24, 2.45) is 0 Å². The number of nitrogens with one attached hydrogen (secondary N) is 4. The van der Waals surface area contributed by atoms with Gasteiger partial charge < -0.3 is 56.9 Å². The Hall–Kier alpha value is -7.98. The number of ether oxygens (including phenoxy) is 2. The van der Waals surface area contributed by atoms with E-state index in [-0.39, 0.29) is 88.5 Å². The van der Waals surface area contributed by atoms with Gasteiger partial charge in [-0.05, 0) is 44.4 Å². The van der Waals surface area contributed by atoms with Gasteiger partial charge in [-0.2, -0.15) is 5.10 Å². The lowest BCUT2D eigenvalue weighted by Gasteiger charge is -2.28. The number of nitro groups is 1. The zero-order valence-corrected chi connectivity index (χ0v) is 37.3. The van der Waals surface area contributed by atoms with E-state index < -0.39 is 108 Å². The van der Waals surface area contributed by atoms with E-state index in [0.717, 1.165) is 17.0 Å². The first-order valence-electron chi connectivity index (χ1n) is 21.3. The number of aryl methyl sites for hydroxylation is 1. The van der Waals surface area contributed by atoms with Crippen LogP contribution in [0.4, 0.5) is 11.4 Å². The summed E-state index contributed by atoms with van der Waals surface area (Å²) < 4.78 is 12.2. The number of aliphatic carboxylic acids is 4. The number of anilines is 1. The molecule has 1 atom stereocenters. The Kier molecular flexibility index (Phi) is 20.1. The van der Waals surface area contributed by atoms with Crippen molar-refractivity contribution in [3.63, 3.8) is 0 Å². The minimum Gasteiger partial charge on any atom is -0.480 e. The summed E-state index contributed by atoms with van der Waals surface area (Å²) in [5, 5.41) is 63.9. The molecule has 0 fully saturated rings. The maximum atomic E-state index is 13.2. The molecular weight excluding hydrogens is 919 g/mol. The third kappa shape index (κ3) is 16.7. The third-order valence-electron chi connectivity index (χ3n) is 10.3. The molecule has 69 heavy (non-hydrogen) atoms. The van der Waals surface area contributed by atoms with E-state index in [2.05, 4.69) is 26.4 Å². The van der Waals surface area contributed by atoms with Gasteiger partial charge in [0, 0.05) is 70.2 Å². The lowest BCUT2D eigenvalue weighted by atomic mass is 10.1. The van der Waals surface area contributed by atoms with Crippen LogP contribution in [-0.2, 0) is 35.3 Å². The topological polar surface area (TPSA) is 398 Å². The van der Waals surface area contributed by atoms with Gasteiger partial charge in [-0.3, -0.25) is 67.9 Å². The highest BCUT2D eigenvalue weighted by molar-refractivity contribution is 5.99. The second-order valence-corrected chi connectivity index (χ2v) is 15.4. The fourth-order valence-electron chi connectivity index (χ4n) is 6.99. The minimum absolute atomic E-state index is 0.000510. The SMILES string of the molecule is CCn1nc(C(=O)NCCNC(=O)CN(CCN(CCN(CC(=O)O)CC(=O)NC(CCCCNC(=O)c2cc(N)ccc2[N+](=O)[O-])C(=O)O)CC(=O)O)CC(=O)O)c(=O)c2cc3c(cc21)OCO3. The van der Waals surface area contributed by atoms with Gasteiger partial charge in [0.25, 0.3) is 17.5 Å². The Morgan fingerprint density at radius 3 is 1.93 bits per heavy atom. The predicted molar refractivity (Wildman–Crippen MR) is 239 cm³/mol. The maximum Gasteiger partial charge on any atom is 0.326 e. The lowest BCUT2D eigenvalue weighted by Crippen LogP contribution is -2.49. The highest BCUT2D eigenvalue weighted by Gasteiger charge is 2.26. The Bertz CT molecular complexity index is 2480. The van der Waals surface area contributed by atoms with E-state index >= 15 is 0 Å². The number of fused-ring (bicyclic) bond motifs is 2. The Morgan fingerprint density at radius 2 is 1.33 bits per heavy atom. The van der Waals surface area contributed by atoms with Crippen LogP contribution in [0.1, 0.15) is 47.0 Å². The monoisotopic (exact) mass is 971 g/mol. The van der Waals surface area contributed by atoms with Crippen molar-refractivity contribution in [1.29, 1.82) is 0 Å². The molecule has 28 nitrogen and oxygen atoms in total. The van der Waals surface area contributed by atoms with Crippen molar-refractivity contribution < 1.29 is 73.2 Å². The molecule has 0 aliphatic carbocycles. The Morgan fingerprint density at radius 1 is 0.768 bits per heavy atom. The zero-order valence-electron chi connectivity index (χ0n) is 37.3. The van der Waals surface area contributed by atoms with Crippen molar-refractivity contribution in [2.75, 3.05) is 91.1 Å². The summed E-state index contributed by atoms with van der Waals surface area (Å²) in [4.78, 5) is 126. The number of aromatic nitrogens is 2. The quantitative estimate of drug-likeness (QED) is 0.0148. The number of unbranched alkanes of at least 4 members (excludes halogenated alkanes) is 1. The molecule has 4 amide bonds. The number of amides is 4. The number of carboxylic acid groups (broad SMARTS) is 4. The normalized spacial score (nSPS) is 12.2. The number of rotatable bonds is 30. The van der Waals surface area contributed by atoms with Gasteiger partial charge in [0.15, 0.2) is 17.2 Å². The average Bonchev–Trinajstić information content (AvgIpc) is 3.74. The second-order valence-electron chi connectivity index (χ2n) is 15.4. The summed E-state index contributed by atoms with van der Waals surface area (Å²) in [5.74, 6) is -7.69. The number of hydrogen-bond donors (Lipinski definition) is 9. The lowest BCUT2D eigenvalue weighted by molar-refractivity contribution is -0.385. The largest absolute Gasteiger partial charge is 0.480 e.